The summed E-state index contributed by atoms with van der Waals surface area (Å²) in [5.74, 6) is 3.80. The molecule has 0 aliphatic rings. The average Bonchev–Trinajstić information content (AvgIpc) is 3.23. The second-order valence-electron chi connectivity index (χ2n) is 8.58. The highest BCUT2D eigenvalue weighted by atomic mass is 16.7. The topological polar surface area (TPSA) is 71.6 Å². The van der Waals surface area contributed by atoms with Gasteiger partial charge in [0, 0.05) is 27.5 Å². The molecule has 0 saturated carbocycles. The molecule has 2 N–H and O–H groups in total. The second-order valence-corrected chi connectivity index (χ2v) is 8.58. The van der Waals surface area contributed by atoms with Crippen LogP contribution in [0, 0.1) is 19.3 Å². The molecule has 0 aliphatic heterocycles. The molecule has 1 aromatic heterocycles. The van der Waals surface area contributed by atoms with Crippen LogP contribution in [0.1, 0.15) is 23.1 Å². The number of rotatable bonds is 7. The van der Waals surface area contributed by atoms with Crippen molar-refractivity contribution in [2.24, 2.45) is 0 Å². The van der Waals surface area contributed by atoms with Gasteiger partial charge in [0.15, 0.2) is 0 Å². The van der Waals surface area contributed by atoms with Gasteiger partial charge in [0.05, 0.1) is 12.1 Å². The van der Waals surface area contributed by atoms with E-state index < -0.39 is 6.16 Å². The summed E-state index contributed by atoms with van der Waals surface area (Å²) in [6, 6.07) is 25.9. The van der Waals surface area contributed by atoms with Gasteiger partial charge in [0.25, 0.3) is 0 Å². The largest absolute Gasteiger partial charge is 0.512 e. The van der Waals surface area contributed by atoms with Gasteiger partial charge in [-0.1, -0.05) is 72.7 Å². The first-order valence-corrected chi connectivity index (χ1v) is 11.8. The van der Waals surface area contributed by atoms with Crippen LogP contribution in [0.3, 0.4) is 0 Å². The maximum Gasteiger partial charge on any atom is 0.512 e. The second kappa shape index (κ2) is 9.89. The number of nitrogens with one attached hydrogen (secondary N) is 1. The molecule has 0 bridgehead atoms. The summed E-state index contributed by atoms with van der Waals surface area (Å²) in [5.41, 5.74) is 5.37. The van der Waals surface area contributed by atoms with Crippen LogP contribution in [0.4, 0.5) is 4.79 Å². The maximum absolute atomic E-state index is 11.4. The van der Waals surface area contributed by atoms with E-state index in [1.54, 1.807) is 0 Å². The van der Waals surface area contributed by atoms with E-state index in [2.05, 4.69) is 23.0 Å². The molecular formula is C31H25NO4. The van der Waals surface area contributed by atoms with Crippen LogP contribution in [0.15, 0.2) is 78.9 Å². The molecule has 0 fully saturated rings. The number of para-hydroxylation sites is 1. The number of hydrogen-bond donors (Lipinski definition) is 2. The van der Waals surface area contributed by atoms with E-state index >= 15 is 0 Å². The highest BCUT2D eigenvalue weighted by molar-refractivity contribution is 5.99. The summed E-state index contributed by atoms with van der Waals surface area (Å²) < 4.78 is 11.3. The zero-order valence-corrected chi connectivity index (χ0v) is 19.9. The predicted octanol–water partition coefficient (Wildman–Crippen LogP) is 7.35. The van der Waals surface area contributed by atoms with Gasteiger partial charge in [0.1, 0.15) is 5.75 Å². The first-order chi connectivity index (χ1) is 17.6. The van der Waals surface area contributed by atoms with Crippen molar-refractivity contribution in [1.82, 2.24) is 4.98 Å². The number of benzene rings is 4. The minimum atomic E-state index is -1.36. The normalized spacial score (nSPS) is 10.9. The Hall–Kier alpha value is -4.69. The number of ether oxygens (including phenoxy) is 2. The zero-order chi connectivity index (χ0) is 25.1. The fourth-order valence-corrected chi connectivity index (χ4v) is 4.73. The van der Waals surface area contributed by atoms with Crippen LogP contribution in [0.25, 0.3) is 32.8 Å². The number of fused-ring (bicyclic) bond motifs is 2. The monoisotopic (exact) mass is 475 g/mol. The first-order valence-electron chi connectivity index (χ1n) is 11.8. The first kappa shape index (κ1) is 23.1. The average molecular weight is 476 g/mol. The third-order valence-electron chi connectivity index (χ3n) is 6.45. The van der Waals surface area contributed by atoms with E-state index in [0.29, 0.717) is 19.4 Å². The van der Waals surface area contributed by atoms with Crippen molar-refractivity contribution in [3.05, 3.63) is 95.6 Å². The number of carbonyl (C=O) groups is 1. The van der Waals surface area contributed by atoms with Gasteiger partial charge in [0.2, 0.25) is 5.88 Å². The highest BCUT2D eigenvalue weighted by Crippen LogP contribution is 2.37. The van der Waals surface area contributed by atoms with Crippen molar-refractivity contribution in [3.63, 3.8) is 0 Å². The van der Waals surface area contributed by atoms with Crippen LogP contribution in [0.2, 0.25) is 0 Å². The number of hydrogen-bond acceptors (Lipinski definition) is 3. The highest BCUT2D eigenvalue weighted by Gasteiger charge is 2.19. The summed E-state index contributed by atoms with van der Waals surface area (Å²) in [6.07, 6.45) is 5.59. The van der Waals surface area contributed by atoms with Crippen molar-refractivity contribution >= 4 is 27.8 Å². The van der Waals surface area contributed by atoms with E-state index in [4.69, 9.17) is 15.9 Å². The van der Waals surface area contributed by atoms with Gasteiger partial charge in [-0.25, -0.2) is 4.79 Å². The molecule has 0 spiro atoms. The SMILES string of the molecule is C#Cc1cccc(-c2cccc3c(CCCOc4cccc5ccccc45)c(OC(=O)O)[nH]c23)c1C. The van der Waals surface area contributed by atoms with Gasteiger partial charge in [-0.15, -0.1) is 6.42 Å². The number of aromatic amines is 1. The van der Waals surface area contributed by atoms with Gasteiger partial charge in [-0.2, -0.15) is 0 Å². The molecule has 5 aromatic rings. The molecule has 4 aromatic carbocycles. The molecule has 5 nitrogen and oxygen atoms in total. The minimum Gasteiger partial charge on any atom is -0.493 e. The zero-order valence-electron chi connectivity index (χ0n) is 19.9. The van der Waals surface area contributed by atoms with Crippen molar-refractivity contribution in [2.45, 2.75) is 19.8 Å². The molecule has 178 valence electrons. The lowest BCUT2D eigenvalue weighted by molar-refractivity contribution is 0.142. The van der Waals surface area contributed by atoms with Gasteiger partial charge < -0.3 is 19.6 Å². The number of carboxylic acid groups (broad SMARTS) is 1. The summed E-state index contributed by atoms with van der Waals surface area (Å²) in [6.45, 7) is 2.47. The smallest absolute Gasteiger partial charge is 0.493 e. The molecule has 0 aliphatic carbocycles. The van der Waals surface area contributed by atoms with Crippen LogP contribution in [-0.4, -0.2) is 22.9 Å². The summed E-state index contributed by atoms with van der Waals surface area (Å²) in [4.78, 5) is 14.7. The van der Waals surface area contributed by atoms with Gasteiger partial charge in [-0.05, 0) is 48.4 Å². The number of aryl methyl sites for hydroxylation is 1. The third-order valence-corrected chi connectivity index (χ3v) is 6.45. The lowest BCUT2D eigenvalue weighted by Gasteiger charge is -2.10. The standard InChI is InChI=1S/C31H25NO4/c1-3-21-11-6-14-23(20(21)2)25-15-8-16-26-27(30(32-29(25)26)36-31(33)34)17-9-19-35-28-18-7-12-22-10-4-5-13-24(22)28/h1,4-8,10-16,18,32H,9,17,19H2,2H3,(H,33,34). The Morgan fingerprint density at radius 2 is 1.67 bits per heavy atom. The minimum absolute atomic E-state index is 0.237. The molecule has 0 radical (unpaired) electrons. The molecule has 36 heavy (non-hydrogen) atoms. The fourth-order valence-electron chi connectivity index (χ4n) is 4.73. The van der Waals surface area contributed by atoms with E-state index in [0.717, 1.165) is 55.2 Å². The van der Waals surface area contributed by atoms with Crippen LogP contribution in [-0.2, 0) is 6.42 Å². The number of aromatic nitrogens is 1. The lowest BCUT2D eigenvalue weighted by atomic mass is 9.94. The van der Waals surface area contributed by atoms with Crippen LogP contribution >= 0.6 is 0 Å². The van der Waals surface area contributed by atoms with Crippen molar-refractivity contribution in [3.8, 4) is 35.1 Å². The molecule has 0 amide bonds. The van der Waals surface area contributed by atoms with E-state index in [-0.39, 0.29) is 5.88 Å². The summed E-state index contributed by atoms with van der Waals surface area (Å²) in [7, 11) is 0. The Bertz CT molecular complexity index is 1620. The number of terminal acetylenes is 1. The van der Waals surface area contributed by atoms with Crippen molar-refractivity contribution in [1.29, 1.82) is 0 Å². The maximum atomic E-state index is 11.4. The molecule has 0 unspecified atom stereocenters. The van der Waals surface area contributed by atoms with Crippen LogP contribution in [0.5, 0.6) is 11.6 Å². The Morgan fingerprint density at radius 3 is 2.50 bits per heavy atom. The Kier molecular flexibility index (Phi) is 6.34. The third kappa shape index (κ3) is 4.37. The fraction of sp³-hybridized carbons (Fsp3) is 0.129. The molecule has 0 saturated heterocycles. The lowest BCUT2D eigenvalue weighted by Crippen LogP contribution is -2.06. The predicted molar refractivity (Wildman–Crippen MR) is 143 cm³/mol. The van der Waals surface area contributed by atoms with E-state index in [1.807, 2.05) is 73.7 Å². The Morgan fingerprint density at radius 1 is 0.944 bits per heavy atom. The van der Waals surface area contributed by atoms with E-state index in [9.17, 15) is 9.90 Å². The molecule has 0 atom stereocenters. The Balaban J connectivity index is 1.45. The Labute approximate surface area is 209 Å². The summed E-state index contributed by atoms with van der Waals surface area (Å²) in [5, 5.41) is 12.5. The summed E-state index contributed by atoms with van der Waals surface area (Å²) >= 11 is 0. The van der Waals surface area contributed by atoms with Crippen molar-refractivity contribution in [2.75, 3.05) is 6.61 Å². The molecular weight excluding hydrogens is 450 g/mol. The molecule has 5 rings (SSSR count). The molecule has 1 heterocycles. The van der Waals surface area contributed by atoms with Gasteiger partial charge >= 0.3 is 6.16 Å². The number of H-pyrrole nitrogens is 1. The van der Waals surface area contributed by atoms with Crippen LogP contribution < -0.4 is 9.47 Å². The van der Waals surface area contributed by atoms with Gasteiger partial charge in [-0.3, -0.25) is 0 Å². The van der Waals surface area contributed by atoms with Crippen molar-refractivity contribution < 1.29 is 19.4 Å². The molecule has 5 heteroatoms. The quantitative estimate of drug-likeness (QED) is 0.147. The van der Waals surface area contributed by atoms with E-state index in [1.165, 1.54) is 0 Å².